The van der Waals surface area contributed by atoms with E-state index >= 15 is 0 Å². The van der Waals surface area contributed by atoms with E-state index < -0.39 is 10.0 Å². The lowest BCUT2D eigenvalue weighted by atomic mass is 9.96. The normalized spacial score (nSPS) is 12.8. The van der Waals surface area contributed by atoms with Crippen molar-refractivity contribution in [2.24, 2.45) is 0 Å². The average Bonchev–Trinajstić information content (AvgIpc) is 2.73. The summed E-state index contributed by atoms with van der Waals surface area (Å²) < 4.78 is 7.53. The first-order valence-electron chi connectivity index (χ1n) is 6.27. The molecule has 2 aromatic heterocycles. The number of ether oxygens (including phenoxy) is 1. The van der Waals surface area contributed by atoms with Crippen LogP contribution in [0.15, 0.2) is 18.3 Å². The lowest BCUT2D eigenvalue weighted by molar-refractivity contribution is 0.0941. The number of nitrogens with zero attached hydrogens (tertiary/aromatic N) is 2. The molecule has 2 rings (SSSR count). The van der Waals surface area contributed by atoms with Crippen LogP contribution in [0.1, 0.15) is 0 Å². The number of hydrogen-bond acceptors (Lipinski definition) is 3. The van der Waals surface area contributed by atoms with E-state index in [-0.39, 0.29) is 0 Å². The maximum atomic E-state index is 9.33. The van der Waals surface area contributed by atoms with Gasteiger partial charge in [-0.2, -0.15) is 0 Å². The SMILES string of the molecule is CS(C)(C)CCOCn1c([B]O)cc2c(Cl)ccnc21. The number of aromatic nitrogens is 2. The summed E-state index contributed by atoms with van der Waals surface area (Å²) in [6.45, 7) is 1.06. The predicted octanol–water partition coefficient (Wildman–Crippen LogP) is 1.59. The lowest BCUT2D eigenvalue weighted by Gasteiger charge is -2.24. The van der Waals surface area contributed by atoms with Crippen molar-refractivity contribution < 1.29 is 9.76 Å². The van der Waals surface area contributed by atoms with Gasteiger partial charge in [0.15, 0.2) is 0 Å². The summed E-state index contributed by atoms with van der Waals surface area (Å²) in [4.78, 5) is 4.31. The van der Waals surface area contributed by atoms with E-state index in [0.717, 1.165) is 24.3 Å². The molecule has 0 bridgehead atoms. The van der Waals surface area contributed by atoms with Gasteiger partial charge in [-0.3, -0.25) is 0 Å². The van der Waals surface area contributed by atoms with Crippen LogP contribution in [0.5, 0.6) is 0 Å². The highest BCUT2D eigenvalue weighted by Gasteiger charge is 2.13. The summed E-state index contributed by atoms with van der Waals surface area (Å²) in [5.41, 5.74) is 1.37. The number of fused-ring (bicyclic) bond motifs is 1. The van der Waals surface area contributed by atoms with Crippen molar-refractivity contribution in [3.63, 3.8) is 0 Å². The van der Waals surface area contributed by atoms with E-state index in [1.54, 1.807) is 12.3 Å². The summed E-state index contributed by atoms with van der Waals surface area (Å²) in [7, 11) is 0.494. The Morgan fingerprint density at radius 3 is 2.85 bits per heavy atom. The maximum absolute atomic E-state index is 9.33. The first kappa shape index (κ1) is 15.7. The van der Waals surface area contributed by atoms with Crippen molar-refractivity contribution in [3.8, 4) is 0 Å². The molecule has 0 atom stereocenters. The number of halogens is 1. The second-order valence-electron chi connectivity index (χ2n) is 5.49. The molecule has 0 aromatic carbocycles. The van der Waals surface area contributed by atoms with Crippen LogP contribution in [-0.4, -0.2) is 53.2 Å². The van der Waals surface area contributed by atoms with Gasteiger partial charge in [0, 0.05) is 22.9 Å². The molecule has 0 aliphatic rings. The molecule has 4 nitrogen and oxygen atoms in total. The van der Waals surface area contributed by atoms with Crippen LogP contribution >= 0.6 is 21.6 Å². The van der Waals surface area contributed by atoms with Crippen LogP contribution < -0.4 is 5.59 Å². The fourth-order valence-electron chi connectivity index (χ4n) is 1.84. The van der Waals surface area contributed by atoms with Gasteiger partial charge in [-0.25, -0.2) is 15.0 Å². The molecule has 0 aliphatic heterocycles. The molecule has 2 aromatic rings. The topological polar surface area (TPSA) is 47.3 Å². The fraction of sp³-hybridized carbons (Fsp3) is 0.462. The predicted molar refractivity (Wildman–Crippen MR) is 88.5 cm³/mol. The van der Waals surface area contributed by atoms with Gasteiger partial charge in [0.1, 0.15) is 12.4 Å². The van der Waals surface area contributed by atoms with E-state index in [0.29, 0.717) is 24.0 Å². The van der Waals surface area contributed by atoms with Gasteiger partial charge < -0.3 is 14.3 Å². The van der Waals surface area contributed by atoms with Gasteiger partial charge in [0.25, 0.3) is 0 Å². The third-order valence-electron chi connectivity index (χ3n) is 2.97. The van der Waals surface area contributed by atoms with Crippen molar-refractivity contribution in [1.82, 2.24) is 9.55 Å². The molecule has 7 heteroatoms. The highest BCUT2D eigenvalue weighted by atomic mass is 35.5. The molecule has 0 saturated heterocycles. The minimum absolute atomic E-state index is 0.360. The quantitative estimate of drug-likeness (QED) is 0.651. The smallest absolute Gasteiger partial charge is 0.345 e. The molecule has 0 spiro atoms. The van der Waals surface area contributed by atoms with Gasteiger partial charge in [-0.1, -0.05) is 11.6 Å². The van der Waals surface area contributed by atoms with Gasteiger partial charge >= 0.3 is 7.48 Å². The van der Waals surface area contributed by atoms with Crippen LogP contribution in [0.4, 0.5) is 0 Å². The molecule has 1 radical (unpaired) electrons. The third-order valence-corrected chi connectivity index (χ3v) is 4.69. The first-order chi connectivity index (χ1) is 9.42. The van der Waals surface area contributed by atoms with E-state index in [1.807, 2.05) is 10.6 Å². The average molecular weight is 314 g/mol. The summed E-state index contributed by atoms with van der Waals surface area (Å²) in [5.74, 6) is 1.05. The molecule has 1 N–H and O–H groups in total. The van der Waals surface area contributed by atoms with Crippen molar-refractivity contribution in [2.45, 2.75) is 6.73 Å². The molecular weight excluding hydrogens is 294 g/mol. The third kappa shape index (κ3) is 3.70. The Morgan fingerprint density at radius 2 is 2.20 bits per heavy atom. The first-order valence-corrected chi connectivity index (χ1v) is 9.68. The highest BCUT2D eigenvalue weighted by Crippen LogP contribution is 2.33. The second kappa shape index (κ2) is 6.39. The summed E-state index contributed by atoms with van der Waals surface area (Å²) in [6, 6.07) is 3.54. The second-order valence-corrected chi connectivity index (χ2v) is 10.5. The van der Waals surface area contributed by atoms with Crippen molar-refractivity contribution in [2.75, 3.05) is 31.1 Å². The Balaban J connectivity index is 2.14. The molecule has 0 unspecified atom stereocenters. The maximum Gasteiger partial charge on any atom is 0.345 e. The monoisotopic (exact) mass is 313 g/mol. The Labute approximate surface area is 126 Å². The highest BCUT2D eigenvalue weighted by molar-refractivity contribution is 8.32. The zero-order chi connectivity index (χ0) is 14.8. The van der Waals surface area contributed by atoms with Gasteiger partial charge in [-0.15, -0.1) is 0 Å². The molecule has 2 heterocycles. The van der Waals surface area contributed by atoms with E-state index in [1.165, 1.54) is 0 Å². The number of rotatable bonds is 6. The largest absolute Gasteiger partial charge is 0.449 e. The van der Waals surface area contributed by atoms with Crippen molar-refractivity contribution in [3.05, 3.63) is 23.4 Å². The molecule has 0 saturated carbocycles. The Hall–Kier alpha value is -0.685. The zero-order valence-electron chi connectivity index (χ0n) is 12.0. The van der Waals surface area contributed by atoms with Crippen LogP contribution in [-0.2, 0) is 11.5 Å². The molecule has 0 amide bonds. The Bertz CT molecular complexity index is 598. The zero-order valence-corrected chi connectivity index (χ0v) is 13.5. The van der Waals surface area contributed by atoms with Crippen LogP contribution in [0.3, 0.4) is 0 Å². The summed E-state index contributed by atoms with van der Waals surface area (Å²) >= 11 is 6.13. The molecule has 109 valence electrons. The van der Waals surface area contributed by atoms with Crippen molar-refractivity contribution >= 4 is 45.7 Å². The molecule has 20 heavy (non-hydrogen) atoms. The van der Waals surface area contributed by atoms with Gasteiger partial charge in [-0.05, 0) is 30.9 Å². The molecular formula is C13H19BClN2O2S. The molecule has 0 fully saturated rings. The summed E-state index contributed by atoms with van der Waals surface area (Å²) in [6.07, 6.45) is 8.43. The van der Waals surface area contributed by atoms with Gasteiger partial charge in [0.05, 0.1) is 11.6 Å². The van der Waals surface area contributed by atoms with E-state index in [4.69, 9.17) is 16.3 Å². The molecule has 0 aliphatic carbocycles. The standard InChI is InChI=1S/C13H19BClN2O2S/c1-20(2,3)7-6-19-9-17-12(14-18)8-10-11(15)4-5-16-13(10)17/h4-5,8,18H,6-7,9H2,1-3H3. The van der Waals surface area contributed by atoms with Crippen molar-refractivity contribution in [1.29, 1.82) is 0 Å². The van der Waals surface area contributed by atoms with Crippen LogP contribution in [0.25, 0.3) is 11.0 Å². The fourth-order valence-corrected chi connectivity index (χ4v) is 2.66. The Kier molecular flexibility index (Phi) is 5.02. The minimum Gasteiger partial charge on any atom is -0.449 e. The lowest BCUT2D eigenvalue weighted by Crippen LogP contribution is -2.25. The van der Waals surface area contributed by atoms with Crippen LogP contribution in [0.2, 0.25) is 5.02 Å². The minimum atomic E-state index is -0.558. The summed E-state index contributed by atoms with van der Waals surface area (Å²) in [5, 5.41) is 10.8. The van der Waals surface area contributed by atoms with E-state index in [2.05, 4.69) is 23.8 Å². The number of pyridine rings is 1. The van der Waals surface area contributed by atoms with E-state index in [9.17, 15) is 5.02 Å². The van der Waals surface area contributed by atoms with Crippen LogP contribution in [0, 0.1) is 0 Å². The number of hydrogen-bond donors (Lipinski definition) is 1. The van der Waals surface area contributed by atoms with Gasteiger partial charge in [0.2, 0.25) is 0 Å². The Morgan fingerprint density at radius 1 is 1.45 bits per heavy atom.